The highest BCUT2D eigenvalue weighted by Gasteiger charge is 2.24. The maximum atomic E-state index is 11.2. The van der Waals surface area contributed by atoms with Gasteiger partial charge in [0.2, 0.25) is 5.82 Å². The van der Waals surface area contributed by atoms with Crippen molar-refractivity contribution in [1.29, 1.82) is 0 Å². The Hall–Kier alpha value is -1.95. The molecular weight excluding hydrogens is 268 g/mol. The molecule has 0 saturated carbocycles. The fourth-order valence-electron chi connectivity index (χ4n) is 2.65. The topological polar surface area (TPSA) is 71.3 Å². The fraction of sp³-hybridized carbons (Fsp3) is 0.533. The average molecular weight is 290 g/mol. The second kappa shape index (κ2) is 7.17. The van der Waals surface area contributed by atoms with Gasteiger partial charge in [-0.3, -0.25) is 10.1 Å². The molecule has 1 aliphatic heterocycles. The third-order valence-corrected chi connectivity index (χ3v) is 3.89. The van der Waals surface area contributed by atoms with Crippen LogP contribution in [0.5, 0.6) is 0 Å². The standard InChI is InChI=1S/C15H22N4O2/c1-3-4-9-18-10-6-13(7-11-18)17-15-14(19(20)21)12(2)5-8-16-15/h3,5,8,13H,1,4,6-7,9-11H2,2H3,(H,16,17). The van der Waals surface area contributed by atoms with Gasteiger partial charge in [0, 0.05) is 37.4 Å². The first-order valence-electron chi connectivity index (χ1n) is 7.31. The molecule has 2 rings (SSSR count). The summed E-state index contributed by atoms with van der Waals surface area (Å²) in [5, 5.41) is 14.4. The van der Waals surface area contributed by atoms with Crippen LogP contribution in [0.1, 0.15) is 24.8 Å². The average Bonchev–Trinajstić information content (AvgIpc) is 2.46. The molecule has 1 N–H and O–H groups in total. The number of likely N-dealkylation sites (tertiary alicyclic amines) is 1. The lowest BCUT2D eigenvalue weighted by molar-refractivity contribution is -0.384. The molecule has 1 aliphatic rings. The van der Waals surface area contributed by atoms with Crippen molar-refractivity contribution in [3.05, 3.63) is 40.6 Å². The van der Waals surface area contributed by atoms with E-state index in [2.05, 4.69) is 21.8 Å². The molecule has 0 amide bonds. The fourth-order valence-corrected chi connectivity index (χ4v) is 2.65. The molecule has 0 spiro atoms. The Bertz CT molecular complexity index is 510. The summed E-state index contributed by atoms with van der Waals surface area (Å²) in [6, 6.07) is 1.92. The molecule has 0 atom stereocenters. The second-order valence-corrected chi connectivity index (χ2v) is 5.42. The van der Waals surface area contributed by atoms with Crippen LogP contribution < -0.4 is 5.32 Å². The van der Waals surface area contributed by atoms with Gasteiger partial charge in [0.1, 0.15) is 0 Å². The lowest BCUT2D eigenvalue weighted by atomic mass is 10.0. The number of nitrogens with zero attached hydrogens (tertiary/aromatic N) is 3. The number of anilines is 1. The van der Waals surface area contributed by atoms with Crippen LogP contribution in [0.2, 0.25) is 0 Å². The largest absolute Gasteiger partial charge is 0.362 e. The zero-order valence-corrected chi connectivity index (χ0v) is 12.4. The van der Waals surface area contributed by atoms with Gasteiger partial charge in [-0.25, -0.2) is 4.98 Å². The van der Waals surface area contributed by atoms with Crippen LogP contribution in [0.25, 0.3) is 0 Å². The van der Waals surface area contributed by atoms with Gasteiger partial charge in [0.25, 0.3) is 0 Å². The van der Waals surface area contributed by atoms with Gasteiger partial charge in [-0.2, -0.15) is 0 Å². The molecule has 0 aromatic carbocycles. The Kier molecular flexibility index (Phi) is 5.27. The van der Waals surface area contributed by atoms with Gasteiger partial charge in [-0.1, -0.05) is 6.08 Å². The molecule has 1 fully saturated rings. The van der Waals surface area contributed by atoms with Crippen molar-refractivity contribution < 1.29 is 4.92 Å². The minimum atomic E-state index is -0.357. The first-order chi connectivity index (χ1) is 10.1. The van der Waals surface area contributed by atoms with Gasteiger partial charge < -0.3 is 10.2 Å². The molecule has 0 aliphatic carbocycles. The Morgan fingerprint density at radius 3 is 2.90 bits per heavy atom. The maximum Gasteiger partial charge on any atom is 0.314 e. The van der Waals surface area contributed by atoms with Gasteiger partial charge >= 0.3 is 5.69 Å². The highest BCUT2D eigenvalue weighted by molar-refractivity contribution is 5.60. The van der Waals surface area contributed by atoms with E-state index in [1.54, 1.807) is 19.2 Å². The van der Waals surface area contributed by atoms with E-state index in [0.717, 1.165) is 38.9 Å². The summed E-state index contributed by atoms with van der Waals surface area (Å²) in [7, 11) is 0. The van der Waals surface area contributed by atoms with Crippen molar-refractivity contribution in [3.63, 3.8) is 0 Å². The number of piperidine rings is 1. The third kappa shape index (κ3) is 4.01. The zero-order chi connectivity index (χ0) is 15.2. The molecule has 1 aromatic rings. The molecule has 6 nitrogen and oxygen atoms in total. The van der Waals surface area contributed by atoms with Gasteiger partial charge in [0.15, 0.2) is 0 Å². The van der Waals surface area contributed by atoms with Crippen LogP contribution in [0.4, 0.5) is 11.5 Å². The van der Waals surface area contributed by atoms with Crippen molar-refractivity contribution >= 4 is 11.5 Å². The highest BCUT2D eigenvalue weighted by Crippen LogP contribution is 2.27. The summed E-state index contributed by atoms with van der Waals surface area (Å²) in [4.78, 5) is 17.3. The van der Waals surface area contributed by atoms with Crippen molar-refractivity contribution in [1.82, 2.24) is 9.88 Å². The van der Waals surface area contributed by atoms with Gasteiger partial charge in [-0.15, -0.1) is 6.58 Å². The number of nitro groups is 1. The lowest BCUT2D eigenvalue weighted by Crippen LogP contribution is -2.39. The molecule has 0 radical (unpaired) electrons. The highest BCUT2D eigenvalue weighted by atomic mass is 16.6. The van der Waals surface area contributed by atoms with E-state index >= 15 is 0 Å². The maximum absolute atomic E-state index is 11.2. The number of nitrogens with one attached hydrogen (secondary N) is 1. The molecule has 21 heavy (non-hydrogen) atoms. The summed E-state index contributed by atoms with van der Waals surface area (Å²) in [5.74, 6) is 0.393. The van der Waals surface area contributed by atoms with Crippen molar-refractivity contribution in [2.24, 2.45) is 0 Å². The number of hydrogen-bond donors (Lipinski definition) is 1. The van der Waals surface area contributed by atoms with E-state index in [9.17, 15) is 10.1 Å². The first-order valence-corrected chi connectivity index (χ1v) is 7.31. The summed E-state index contributed by atoms with van der Waals surface area (Å²) in [6.07, 6.45) is 6.51. The van der Waals surface area contributed by atoms with Crippen LogP contribution in [0.3, 0.4) is 0 Å². The van der Waals surface area contributed by atoms with E-state index in [-0.39, 0.29) is 16.7 Å². The molecule has 0 unspecified atom stereocenters. The smallest absolute Gasteiger partial charge is 0.314 e. The summed E-state index contributed by atoms with van der Waals surface area (Å²) >= 11 is 0. The van der Waals surface area contributed by atoms with Crippen LogP contribution in [0.15, 0.2) is 24.9 Å². The number of aromatic nitrogens is 1. The number of aryl methyl sites for hydroxylation is 1. The van der Waals surface area contributed by atoms with Crippen molar-refractivity contribution in [2.45, 2.75) is 32.2 Å². The molecule has 1 saturated heterocycles. The Morgan fingerprint density at radius 1 is 1.57 bits per heavy atom. The van der Waals surface area contributed by atoms with Crippen LogP contribution in [0, 0.1) is 17.0 Å². The normalized spacial score (nSPS) is 16.6. The molecule has 1 aromatic heterocycles. The predicted octanol–water partition coefficient (Wildman–Crippen LogP) is 2.75. The third-order valence-electron chi connectivity index (χ3n) is 3.89. The van der Waals surface area contributed by atoms with Crippen LogP contribution >= 0.6 is 0 Å². The van der Waals surface area contributed by atoms with Crippen molar-refractivity contribution in [3.8, 4) is 0 Å². The molecule has 0 bridgehead atoms. The Balaban J connectivity index is 1.96. The number of rotatable bonds is 6. The summed E-state index contributed by atoms with van der Waals surface area (Å²) in [6.45, 7) is 8.53. The first kappa shape index (κ1) is 15.4. The van der Waals surface area contributed by atoms with Gasteiger partial charge in [0.05, 0.1) is 4.92 Å². The zero-order valence-electron chi connectivity index (χ0n) is 12.4. The number of pyridine rings is 1. The molecular formula is C15H22N4O2. The quantitative estimate of drug-likeness (QED) is 0.495. The van der Waals surface area contributed by atoms with Gasteiger partial charge in [-0.05, 0) is 32.3 Å². The van der Waals surface area contributed by atoms with E-state index in [1.807, 2.05) is 6.08 Å². The van der Waals surface area contributed by atoms with E-state index in [4.69, 9.17) is 0 Å². The lowest BCUT2D eigenvalue weighted by Gasteiger charge is -2.32. The van der Waals surface area contributed by atoms with E-state index in [0.29, 0.717) is 11.4 Å². The molecule has 6 heteroatoms. The van der Waals surface area contributed by atoms with E-state index in [1.165, 1.54) is 0 Å². The summed E-state index contributed by atoms with van der Waals surface area (Å²) in [5.41, 5.74) is 0.729. The Labute approximate surface area is 125 Å². The monoisotopic (exact) mass is 290 g/mol. The van der Waals surface area contributed by atoms with Crippen molar-refractivity contribution in [2.75, 3.05) is 25.0 Å². The SMILES string of the molecule is C=CCCN1CCC(Nc2nccc(C)c2[N+](=O)[O-])CC1. The predicted molar refractivity (Wildman–Crippen MR) is 83.5 cm³/mol. The Morgan fingerprint density at radius 2 is 2.29 bits per heavy atom. The second-order valence-electron chi connectivity index (χ2n) is 5.42. The summed E-state index contributed by atoms with van der Waals surface area (Å²) < 4.78 is 0. The molecule has 114 valence electrons. The van der Waals surface area contributed by atoms with Crippen LogP contribution in [-0.4, -0.2) is 40.5 Å². The minimum Gasteiger partial charge on any atom is -0.362 e. The number of hydrogen-bond acceptors (Lipinski definition) is 5. The molecule has 2 heterocycles. The van der Waals surface area contributed by atoms with E-state index < -0.39 is 0 Å². The van der Waals surface area contributed by atoms with Crippen LogP contribution in [-0.2, 0) is 0 Å². The minimum absolute atomic E-state index is 0.0894.